The summed E-state index contributed by atoms with van der Waals surface area (Å²) in [6, 6.07) is 0. The molecule has 0 radical (unpaired) electrons. The summed E-state index contributed by atoms with van der Waals surface area (Å²) in [5.74, 6) is -0.617. The van der Waals surface area contributed by atoms with Crippen molar-refractivity contribution in [3.8, 4) is 0 Å². The third-order valence-corrected chi connectivity index (χ3v) is 2.18. The largest absolute Gasteiger partial charge is 0.459 e. The minimum Gasteiger partial charge on any atom is -0.459 e. The molecule has 0 rings (SSSR count). The first-order valence-corrected chi connectivity index (χ1v) is 4.94. The molecule has 1 amide bonds. The second-order valence-electron chi connectivity index (χ2n) is 3.65. The Hall–Kier alpha value is -1.06. The van der Waals surface area contributed by atoms with Gasteiger partial charge in [0, 0.05) is 6.54 Å². The number of nitrogens with one attached hydrogen (secondary N) is 1. The summed E-state index contributed by atoms with van der Waals surface area (Å²) in [5.41, 5.74) is 0. The monoisotopic (exact) mass is 201 g/mol. The fourth-order valence-corrected chi connectivity index (χ4v) is 0.758. The fourth-order valence-electron chi connectivity index (χ4n) is 0.758. The van der Waals surface area contributed by atoms with Gasteiger partial charge in [0.1, 0.15) is 0 Å². The molecule has 1 unspecified atom stereocenters. The van der Waals surface area contributed by atoms with E-state index in [4.69, 9.17) is 0 Å². The van der Waals surface area contributed by atoms with E-state index in [-0.39, 0.29) is 6.61 Å². The van der Waals surface area contributed by atoms with Crippen molar-refractivity contribution in [3.63, 3.8) is 0 Å². The maximum Gasteiger partial charge on any atom is 0.396 e. The Labute approximate surface area is 85.0 Å². The standard InChI is InChI=1S/C10H19NO3/c1-5-14-10(13)9(12)11-6-8(4)7(2)3/h7-8H,5-6H2,1-4H3,(H,11,12). The van der Waals surface area contributed by atoms with Crippen LogP contribution in [0.4, 0.5) is 0 Å². The molecule has 0 saturated carbocycles. The van der Waals surface area contributed by atoms with Crippen LogP contribution in [-0.2, 0) is 14.3 Å². The van der Waals surface area contributed by atoms with Gasteiger partial charge in [0.2, 0.25) is 0 Å². The van der Waals surface area contributed by atoms with E-state index in [2.05, 4.69) is 23.9 Å². The lowest BCUT2D eigenvalue weighted by molar-refractivity contribution is -0.154. The van der Waals surface area contributed by atoms with E-state index in [1.807, 2.05) is 6.92 Å². The van der Waals surface area contributed by atoms with Crippen LogP contribution in [0, 0.1) is 11.8 Å². The molecule has 1 N–H and O–H groups in total. The minimum absolute atomic E-state index is 0.228. The molecule has 0 aromatic heterocycles. The highest BCUT2D eigenvalue weighted by Gasteiger charge is 2.15. The fraction of sp³-hybridized carbons (Fsp3) is 0.800. The summed E-state index contributed by atoms with van der Waals surface area (Å²) in [6.45, 7) is 8.57. The highest BCUT2D eigenvalue weighted by Crippen LogP contribution is 2.07. The minimum atomic E-state index is -0.802. The Kier molecular flexibility index (Phi) is 5.92. The number of rotatable bonds is 4. The third-order valence-electron chi connectivity index (χ3n) is 2.18. The predicted molar refractivity (Wildman–Crippen MR) is 53.6 cm³/mol. The molecular weight excluding hydrogens is 182 g/mol. The summed E-state index contributed by atoms with van der Waals surface area (Å²) < 4.78 is 4.55. The van der Waals surface area contributed by atoms with Crippen LogP contribution < -0.4 is 5.32 Å². The molecule has 0 aromatic rings. The van der Waals surface area contributed by atoms with Crippen LogP contribution >= 0.6 is 0 Å². The van der Waals surface area contributed by atoms with Crippen molar-refractivity contribution < 1.29 is 14.3 Å². The van der Waals surface area contributed by atoms with Crippen LogP contribution in [0.1, 0.15) is 27.7 Å². The normalized spacial score (nSPS) is 12.4. The molecule has 1 atom stereocenters. The van der Waals surface area contributed by atoms with Crippen molar-refractivity contribution in [2.75, 3.05) is 13.2 Å². The van der Waals surface area contributed by atoms with Crippen molar-refractivity contribution in [3.05, 3.63) is 0 Å². The highest BCUT2D eigenvalue weighted by atomic mass is 16.5. The van der Waals surface area contributed by atoms with Crippen LogP contribution in [-0.4, -0.2) is 25.0 Å². The molecule has 0 saturated heterocycles. The summed E-state index contributed by atoms with van der Waals surface area (Å²) >= 11 is 0. The van der Waals surface area contributed by atoms with Gasteiger partial charge in [0.15, 0.2) is 0 Å². The first-order chi connectivity index (χ1) is 6.49. The first-order valence-electron chi connectivity index (χ1n) is 4.94. The van der Waals surface area contributed by atoms with Gasteiger partial charge in [-0.2, -0.15) is 0 Å². The maximum absolute atomic E-state index is 11.1. The van der Waals surface area contributed by atoms with E-state index in [0.717, 1.165) is 0 Å². The molecule has 0 aliphatic heterocycles. The van der Waals surface area contributed by atoms with Gasteiger partial charge in [-0.25, -0.2) is 4.79 Å². The van der Waals surface area contributed by atoms with E-state index < -0.39 is 11.9 Å². The van der Waals surface area contributed by atoms with Gasteiger partial charge in [-0.15, -0.1) is 0 Å². The molecule has 14 heavy (non-hydrogen) atoms. The zero-order valence-electron chi connectivity index (χ0n) is 9.29. The number of hydrogen-bond acceptors (Lipinski definition) is 3. The number of carbonyl (C=O) groups excluding carboxylic acids is 2. The van der Waals surface area contributed by atoms with Crippen LogP contribution in [0.15, 0.2) is 0 Å². The molecule has 0 bridgehead atoms. The number of ether oxygens (including phenoxy) is 1. The lowest BCUT2D eigenvalue weighted by Crippen LogP contribution is -2.36. The lowest BCUT2D eigenvalue weighted by Gasteiger charge is -2.15. The molecule has 0 fully saturated rings. The average Bonchev–Trinajstić information content (AvgIpc) is 2.13. The van der Waals surface area contributed by atoms with Crippen LogP contribution in [0.5, 0.6) is 0 Å². The van der Waals surface area contributed by atoms with E-state index in [0.29, 0.717) is 18.4 Å². The molecule has 0 aliphatic rings. The molecule has 4 nitrogen and oxygen atoms in total. The number of hydrogen-bond donors (Lipinski definition) is 1. The van der Waals surface area contributed by atoms with Gasteiger partial charge in [-0.1, -0.05) is 20.8 Å². The number of esters is 1. The van der Waals surface area contributed by atoms with Gasteiger partial charge in [-0.3, -0.25) is 4.79 Å². The smallest absolute Gasteiger partial charge is 0.396 e. The van der Waals surface area contributed by atoms with Gasteiger partial charge in [0.25, 0.3) is 0 Å². The highest BCUT2D eigenvalue weighted by molar-refractivity contribution is 6.32. The van der Waals surface area contributed by atoms with E-state index >= 15 is 0 Å². The van der Waals surface area contributed by atoms with Crippen molar-refractivity contribution in [2.45, 2.75) is 27.7 Å². The summed E-state index contributed by atoms with van der Waals surface area (Å²) in [5, 5.41) is 2.53. The van der Waals surface area contributed by atoms with Crippen molar-refractivity contribution >= 4 is 11.9 Å². The predicted octanol–water partition coefficient (Wildman–Crippen LogP) is 0.958. The summed E-state index contributed by atoms with van der Waals surface area (Å²) in [6.07, 6.45) is 0. The van der Waals surface area contributed by atoms with E-state index in [1.54, 1.807) is 6.92 Å². The van der Waals surface area contributed by atoms with Crippen molar-refractivity contribution in [1.82, 2.24) is 5.32 Å². The van der Waals surface area contributed by atoms with Crippen LogP contribution in [0.25, 0.3) is 0 Å². The molecule has 0 heterocycles. The van der Waals surface area contributed by atoms with Crippen molar-refractivity contribution in [1.29, 1.82) is 0 Å². The molecule has 0 aromatic carbocycles. The molecule has 4 heteroatoms. The van der Waals surface area contributed by atoms with Gasteiger partial charge in [0.05, 0.1) is 6.61 Å². The van der Waals surface area contributed by atoms with Gasteiger partial charge < -0.3 is 10.1 Å². The topological polar surface area (TPSA) is 55.4 Å². The lowest BCUT2D eigenvalue weighted by atomic mass is 9.98. The average molecular weight is 201 g/mol. The zero-order chi connectivity index (χ0) is 11.1. The molecular formula is C10H19NO3. The van der Waals surface area contributed by atoms with Crippen LogP contribution in [0.2, 0.25) is 0 Å². The van der Waals surface area contributed by atoms with Crippen molar-refractivity contribution in [2.24, 2.45) is 11.8 Å². The molecule has 0 aliphatic carbocycles. The summed E-state index contributed by atoms with van der Waals surface area (Å²) in [4.78, 5) is 22.0. The Morgan fingerprint density at radius 2 is 1.86 bits per heavy atom. The second-order valence-corrected chi connectivity index (χ2v) is 3.65. The van der Waals surface area contributed by atoms with Crippen LogP contribution in [0.3, 0.4) is 0 Å². The number of carbonyl (C=O) groups is 2. The van der Waals surface area contributed by atoms with E-state index in [9.17, 15) is 9.59 Å². The Bertz CT molecular complexity index is 202. The Morgan fingerprint density at radius 3 is 2.29 bits per heavy atom. The molecule has 82 valence electrons. The second kappa shape index (κ2) is 6.40. The first kappa shape index (κ1) is 12.9. The van der Waals surface area contributed by atoms with Gasteiger partial charge in [-0.05, 0) is 18.8 Å². The number of amides is 1. The molecule has 0 spiro atoms. The quantitative estimate of drug-likeness (QED) is 0.544. The van der Waals surface area contributed by atoms with E-state index in [1.165, 1.54) is 0 Å². The van der Waals surface area contributed by atoms with Gasteiger partial charge >= 0.3 is 11.9 Å². The Balaban J connectivity index is 3.79. The zero-order valence-corrected chi connectivity index (χ0v) is 9.29. The maximum atomic E-state index is 11.1. The SMILES string of the molecule is CCOC(=O)C(=O)NCC(C)C(C)C. The third kappa shape index (κ3) is 4.84. The summed E-state index contributed by atoms with van der Waals surface area (Å²) in [7, 11) is 0. The Morgan fingerprint density at radius 1 is 1.29 bits per heavy atom.